The molecule has 5 nitrogen and oxygen atoms in total. The van der Waals surface area contributed by atoms with Crippen LogP contribution in [-0.4, -0.2) is 9.78 Å². The Kier molecular flexibility index (Phi) is 1.61. The molecule has 0 radical (unpaired) electrons. The molecule has 5 heteroatoms. The first-order chi connectivity index (χ1) is 6.43. The third kappa shape index (κ3) is 1.01. The second kappa shape index (κ2) is 2.50. The molecular weight excluding hydrogens is 180 g/mol. The fourth-order valence-electron chi connectivity index (χ4n) is 1.66. The van der Waals surface area contributed by atoms with Crippen molar-refractivity contribution in [3.05, 3.63) is 21.6 Å². The Labute approximate surface area is 81.5 Å². The Morgan fingerprint density at radius 3 is 2.64 bits per heavy atom. The highest BCUT2D eigenvalue weighted by atomic mass is 16.1. The number of aromatic nitrogens is 2. The zero-order valence-electron chi connectivity index (χ0n) is 8.70. The zero-order chi connectivity index (χ0) is 10.5. The van der Waals surface area contributed by atoms with E-state index in [2.05, 4.69) is 15.3 Å². The SMILES string of the molecule is Cc1nn(C)c(=O)c2c1N=NC2(C)C. The summed E-state index contributed by atoms with van der Waals surface area (Å²) in [6.07, 6.45) is 0. The molecule has 2 rings (SSSR count). The Balaban J connectivity index is 2.88. The Hall–Kier alpha value is -1.52. The van der Waals surface area contributed by atoms with Crippen LogP contribution in [0.5, 0.6) is 0 Å². The molecule has 0 fully saturated rings. The summed E-state index contributed by atoms with van der Waals surface area (Å²) in [7, 11) is 1.64. The fraction of sp³-hybridized carbons (Fsp3) is 0.556. The molecule has 0 bridgehead atoms. The van der Waals surface area contributed by atoms with Gasteiger partial charge in [-0.05, 0) is 20.8 Å². The predicted octanol–water partition coefficient (Wildman–Crippen LogP) is 1.42. The minimum atomic E-state index is -0.516. The maximum absolute atomic E-state index is 11.8. The van der Waals surface area contributed by atoms with Crippen LogP contribution >= 0.6 is 0 Å². The average Bonchev–Trinajstić information content (AvgIpc) is 2.38. The standard InChI is InChI=1S/C9H12N4O/c1-5-7-6(8(14)13(4)11-5)9(2,3)12-10-7/h1-4H3. The van der Waals surface area contributed by atoms with Gasteiger partial charge < -0.3 is 0 Å². The topological polar surface area (TPSA) is 59.6 Å². The minimum Gasteiger partial charge on any atom is -0.267 e. The van der Waals surface area contributed by atoms with Crippen molar-refractivity contribution in [3.8, 4) is 0 Å². The van der Waals surface area contributed by atoms with Crippen molar-refractivity contribution in [1.29, 1.82) is 0 Å². The summed E-state index contributed by atoms with van der Waals surface area (Å²) in [5.41, 5.74) is 1.40. The highest BCUT2D eigenvalue weighted by molar-refractivity contribution is 5.53. The molecular formula is C9H12N4O. The van der Waals surface area contributed by atoms with Crippen molar-refractivity contribution in [2.24, 2.45) is 17.3 Å². The Morgan fingerprint density at radius 2 is 2.00 bits per heavy atom. The number of azo groups is 1. The molecule has 0 unspecified atom stereocenters. The van der Waals surface area contributed by atoms with Crippen molar-refractivity contribution in [2.75, 3.05) is 0 Å². The summed E-state index contributed by atoms with van der Waals surface area (Å²) in [6, 6.07) is 0. The van der Waals surface area contributed by atoms with Gasteiger partial charge in [-0.25, -0.2) is 4.68 Å². The average molecular weight is 192 g/mol. The Bertz CT molecular complexity index is 484. The molecule has 0 aliphatic carbocycles. The van der Waals surface area contributed by atoms with Crippen LogP contribution in [0.15, 0.2) is 15.0 Å². The van der Waals surface area contributed by atoms with Gasteiger partial charge >= 0.3 is 0 Å². The fourth-order valence-corrected chi connectivity index (χ4v) is 1.66. The van der Waals surface area contributed by atoms with E-state index in [0.717, 1.165) is 5.69 Å². The van der Waals surface area contributed by atoms with E-state index < -0.39 is 5.54 Å². The molecule has 0 aromatic carbocycles. The maximum Gasteiger partial charge on any atom is 0.274 e. The molecule has 0 saturated heterocycles. The van der Waals surface area contributed by atoms with Gasteiger partial charge in [0.1, 0.15) is 11.2 Å². The molecule has 1 aromatic heterocycles. The molecule has 14 heavy (non-hydrogen) atoms. The summed E-state index contributed by atoms with van der Waals surface area (Å²) in [6.45, 7) is 5.59. The first-order valence-corrected chi connectivity index (χ1v) is 4.45. The first-order valence-electron chi connectivity index (χ1n) is 4.45. The number of hydrogen-bond donors (Lipinski definition) is 0. The van der Waals surface area contributed by atoms with Crippen molar-refractivity contribution in [3.63, 3.8) is 0 Å². The van der Waals surface area contributed by atoms with Crippen LogP contribution in [0, 0.1) is 6.92 Å². The van der Waals surface area contributed by atoms with Crippen molar-refractivity contribution < 1.29 is 0 Å². The van der Waals surface area contributed by atoms with Crippen molar-refractivity contribution >= 4 is 5.69 Å². The predicted molar refractivity (Wildman–Crippen MR) is 51.8 cm³/mol. The zero-order valence-corrected chi connectivity index (χ0v) is 8.70. The maximum atomic E-state index is 11.8. The molecule has 2 heterocycles. The van der Waals surface area contributed by atoms with Crippen LogP contribution in [0.25, 0.3) is 0 Å². The monoisotopic (exact) mass is 192 g/mol. The normalized spacial score (nSPS) is 17.1. The van der Waals surface area contributed by atoms with E-state index in [4.69, 9.17) is 0 Å². The number of fused-ring (bicyclic) bond motifs is 1. The van der Waals surface area contributed by atoms with E-state index in [1.54, 1.807) is 7.05 Å². The van der Waals surface area contributed by atoms with E-state index in [0.29, 0.717) is 11.3 Å². The van der Waals surface area contributed by atoms with E-state index in [-0.39, 0.29) is 5.56 Å². The van der Waals surface area contributed by atoms with Gasteiger partial charge in [-0.15, -0.1) is 0 Å². The lowest BCUT2D eigenvalue weighted by molar-refractivity contribution is 0.536. The number of rotatable bonds is 0. The largest absolute Gasteiger partial charge is 0.274 e. The Morgan fingerprint density at radius 1 is 1.36 bits per heavy atom. The van der Waals surface area contributed by atoms with Crippen LogP contribution in [0.4, 0.5) is 5.69 Å². The molecule has 0 amide bonds. The smallest absolute Gasteiger partial charge is 0.267 e. The van der Waals surface area contributed by atoms with Crippen LogP contribution in [0.3, 0.4) is 0 Å². The summed E-state index contributed by atoms with van der Waals surface area (Å²) in [5, 5.41) is 12.1. The van der Waals surface area contributed by atoms with E-state index in [9.17, 15) is 4.79 Å². The second-order valence-electron chi connectivity index (χ2n) is 4.00. The highest BCUT2D eigenvalue weighted by Gasteiger charge is 2.33. The molecule has 1 aliphatic heterocycles. The van der Waals surface area contributed by atoms with Gasteiger partial charge in [0.15, 0.2) is 0 Å². The second-order valence-corrected chi connectivity index (χ2v) is 4.00. The number of aryl methyl sites for hydroxylation is 2. The van der Waals surface area contributed by atoms with Crippen LogP contribution in [-0.2, 0) is 12.6 Å². The van der Waals surface area contributed by atoms with Gasteiger partial charge in [-0.1, -0.05) is 0 Å². The molecule has 0 atom stereocenters. The van der Waals surface area contributed by atoms with Gasteiger partial charge in [0.05, 0.1) is 11.3 Å². The summed E-state index contributed by atoms with van der Waals surface area (Å²) >= 11 is 0. The summed E-state index contributed by atoms with van der Waals surface area (Å²) < 4.78 is 1.34. The third-order valence-electron chi connectivity index (χ3n) is 2.40. The molecule has 1 aliphatic rings. The lowest BCUT2D eigenvalue weighted by Gasteiger charge is -2.13. The quantitative estimate of drug-likeness (QED) is 0.624. The minimum absolute atomic E-state index is 0.111. The number of hydrogen-bond acceptors (Lipinski definition) is 4. The van der Waals surface area contributed by atoms with Gasteiger partial charge in [0, 0.05) is 7.05 Å². The van der Waals surface area contributed by atoms with E-state index in [1.807, 2.05) is 20.8 Å². The van der Waals surface area contributed by atoms with Gasteiger partial charge in [0.25, 0.3) is 5.56 Å². The molecule has 0 N–H and O–H groups in total. The van der Waals surface area contributed by atoms with E-state index >= 15 is 0 Å². The summed E-state index contributed by atoms with van der Waals surface area (Å²) in [5.74, 6) is 0. The van der Waals surface area contributed by atoms with Crippen LogP contribution < -0.4 is 5.56 Å². The molecule has 0 saturated carbocycles. The number of nitrogens with zero attached hydrogens (tertiary/aromatic N) is 4. The van der Waals surface area contributed by atoms with Crippen molar-refractivity contribution in [2.45, 2.75) is 26.3 Å². The van der Waals surface area contributed by atoms with E-state index in [1.165, 1.54) is 4.68 Å². The lowest BCUT2D eigenvalue weighted by atomic mass is 9.96. The molecule has 74 valence electrons. The molecule has 1 aromatic rings. The lowest BCUT2D eigenvalue weighted by Crippen LogP contribution is -2.29. The van der Waals surface area contributed by atoms with Crippen LogP contribution in [0.2, 0.25) is 0 Å². The highest BCUT2D eigenvalue weighted by Crippen LogP contribution is 2.38. The summed E-state index contributed by atoms with van der Waals surface area (Å²) in [4.78, 5) is 11.8. The van der Waals surface area contributed by atoms with Gasteiger partial charge in [-0.2, -0.15) is 15.3 Å². The van der Waals surface area contributed by atoms with Crippen LogP contribution in [0.1, 0.15) is 25.1 Å². The first kappa shape index (κ1) is 9.05. The van der Waals surface area contributed by atoms with Gasteiger partial charge in [-0.3, -0.25) is 4.79 Å². The van der Waals surface area contributed by atoms with Gasteiger partial charge in [0.2, 0.25) is 0 Å². The third-order valence-corrected chi connectivity index (χ3v) is 2.40. The molecule has 0 spiro atoms. The van der Waals surface area contributed by atoms with Crippen molar-refractivity contribution in [1.82, 2.24) is 9.78 Å².